The maximum Gasteiger partial charge on any atom is 0.188 e. The topological polar surface area (TPSA) is 78.1 Å². The maximum atomic E-state index is 5.98. The van der Waals surface area contributed by atoms with Crippen molar-refractivity contribution < 1.29 is 14.2 Å². The average Bonchev–Trinajstić information content (AvgIpc) is 2.73. The first-order valence-electron chi connectivity index (χ1n) is 9.46. The molecule has 0 aliphatic rings. The van der Waals surface area contributed by atoms with Gasteiger partial charge < -0.3 is 25.3 Å². The molecule has 2 rings (SSSR count). The average molecular weight is 513 g/mol. The zero-order valence-electron chi connectivity index (χ0n) is 17.6. The minimum atomic E-state index is 0. The Bertz CT molecular complexity index is 766. The van der Waals surface area contributed by atoms with Gasteiger partial charge in [0.1, 0.15) is 5.75 Å². The van der Waals surface area contributed by atoms with Gasteiger partial charge in [-0.1, -0.05) is 25.1 Å². The van der Waals surface area contributed by atoms with Crippen LogP contribution in [0.4, 0.5) is 0 Å². The smallest absolute Gasteiger partial charge is 0.188 e. The molecule has 0 aliphatic heterocycles. The largest absolute Gasteiger partial charge is 0.497 e. The molecule has 7 heteroatoms. The zero-order chi connectivity index (χ0) is 20.4. The molecule has 1 atom stereocenters. The maximum absolute atomic E-state index is 5.98. The monoisotopic (exact) mass is 513 g/mol. The molecular formula is C22H32IN3O3. The number of hydrogen-bond acceptors (Lipinski definition) is 4. The van der Waals surface area contributed by atoms with E-state index in [1.54, 1.807) is 21.3 Å². The molecule has 0 spiro atoms. The first-order valence-corrected chi connectivity index (χ1v) is 9.46. The van der Waals surface area contributed by atoms with Crippen LogP contribution in [0, 0.1) is 0 Å². The van der Waals surface area contributed by atoms with Crippen molar-refractivity contribution in [3.63, 3.8) is 0 Å². The second-order valence-electron chi connectivity index (χ2n) is 6.60. The lowest BCUT2D eigenvalue weighted by molar-refractivity contribution is 0.354. The predicted molar refractivity (Wildman–Crippen MR) is 129 cm³/mol. The van der Waals surface area contributed by atoms with Gasteiger partial charge in [0.2, 0.25) is 0 Å². The number of benzene rings is 2. The molecule has 0 radical (unpaired) electrons. The summed E-state index contributed by atoms with van der Waals surface area (Å²) in [7, 11) is 4.94. The summed E-state index contributed by atoms with van der Waals surface area (Å²) in [6.45, 7) is 3.58. The van der Waals surface area contributed by atoms with Gasteiger partial charge in [-0.15, -0.1) is 24.0 Å². The number of methoxy groups -OCH3 is 3. The Kier molecular flexibility index (Phi) is 11.3. The highest BCUT2D eigenvalue weighted by Gasteiger charge is 2.06. The second-order valence-corrected chi connectivity index (χ2v) is 6.60. The molecule has 0 bridgehead atoms. The van der Waals surface area contributed by atoms with Crippen molar-refractivity contribution in [3.8, 4) is 17.2 Å². The molecule has 29 heavy (non-hydrogen) atoms. The van der Waals surface area contributed by atoms with Crippen LogP contribution in [0.1, 0.15) is 30.4 Å². The summed E-state index contributed by atoms with van der Waals surface area (Å²) in [5, 5.41) is 3.16. The third-order valence-electron chi connectivity index (χ3n) is 4.70. The fourth-order valence-electron chi connectivity index (χ4n) is 2.90. The minimum Gasteiger partial charge on any atom is -0.497 e. The van der Waals surface area contributed by atoms with E-state index < -0.39 is 0 Å². The SMILES string of the molecule is COc1ccc(C(C)CCN=C(N)NCCc2ccc(OC)c(OC)c2)cc1.I. The minimum absolute atomic E-state index is 0. The highest BCUT2D eigenvalue weighted by atomic mass is 127. The number of guanidine groups is 1. The van der Waals surface area contributed by atoms with Crippen molar-refractivity contribution in [1.82, 2.24) is 5.32 Å². The lowest BCUT2D eigenvalue weighted by Gasteiger charge is -2.12. The molecule has 0 aliphatic carbocycles. The van der Waals surface area contributed by atoms with Crippen LogP contribution in [0.5, 0.6) is 17.2 Å². The van der Waals surface area contributed by atoms with E-state index in [9.17, 15) is 0 Å². The molecular weight excluding hydrogens is 481 g/mol. The fourth-order valence-corrected chi connectivity index (χ4v) is 2.90. The third-order valence-corrected chi connectivity index (χ3v) is 4.70. The van der Waals surface area contributed by atoms with Gasteiger partial charge in [-0.3, -0.25) is 4.99 Å². The van der Waals surface area contributed by atoms with E-state index in [-0.39, 0.29) is 24.0 Å². The molecule has 6 nitrogen and oxygen atoms in total. The predicted octanol–water partition coefficient (Wildman–Crippen LogP) is 3.97. The van der Waals surface area contributed by atoms with E-state index in [1.165, 1.54) is 5.56 Å². The highest BCUT2D eigenvalue weighted by Crippen LogP contribution is 2.27. The lowest BCUT2D eigenvalue weighted by Crippen LogP contribution is -2.33. The Morgan fingerprint density at radius 2 is 1.69 bits per heavy atom. The summed E-state index contributed by atoms with van der Waals surface area (Å²) >= 11 is 0. The van der Waals surface area contributed by atoms with Crippen LogP contribution in [0.15, 0.2) is 47.5 Å². The fraction of sp³-hybridized carbons (Fsp3) is 0.409. The first-order chi connectivity index (χ1) is 13.6. The normalized spacial score (nSPS) is 11.9. The second kappa shape index (κ2) is 13.1. The Hall–Kier alpha value is -2.16. The highest BCUT2D eigenvalue weighted by molar-refractivity contribution is 14.0. The van der Waals surface area contributed by atoms with Gasteiger partial charge in [-0.2, -0.15) is 0 Å². The standard InChI is InChI=1S/C22H31N3O3.HI/c1-16(18-6-8-19(26-2)9-7-18)11-13-24-22(23)25-14-12-17-5-10-20(27-3)21(15-17)28-4;/h5-10,15-16H,11-14H2,1-4H3,(H3,23,24,25);1H. The summed E-state index contributed by atoms with van der Waals surface area (Å²) < 4.78 is 15.8. The quantitative estimate of drug-likeness (QED) is 0.286. The Balaban J connectivity index is 0.00000420. The number of nitrogens with zero attached hydrogens (tertiary/aromatic N) is 1. The van der Waals surface area contributed by atoms with Gasteiger partial charge in [0.25, 0.3) is 0 Å². The van der Waals surface area contributed by atoms with Crippen LogP contribution >= 0.6 is 24.0 Å². The van der Waals surface area contributed by atoms with Gasteiger partial charge in [-0.05, 0) is 54.2 Å². The van der Waals surface area contributed by atoms with Gasteiger partial charge in [0.05, 0.1) is 21.3 Å². The van der Waals surface area contributed by atoms with Crippen molar-refractivity contribution >= 4 is 29.9 Å². The van der Waals surface area contributed by atoms with Gasteiger partial charge >= 0.3 is 0 Å². The Labute approximate surface area is 190 Å². The molecule has 0 saturated heterocycles. The van der Waals surface area contributed by atoms with Gasteiger partial charge in [0.15, 0.2) is 17.5 Å². The lowest BCUT2D eigenvalue weighted by atomic mass is 9.98. The van der Waals surface area contributed by atoms with E-state index in [1.807, 2.05) is 30.3 Å². The summed E-state index contributed by atoms with van der Waals surface area (Å²) in [6.07, 6.45) is 1.75. The van der Waals surface area contributed by atoms with Crippen LogP contribution in [0.25, 0.3) is 0 Å². The summed E-state index contributed by atoms with van der Waals surface area (Å²) in [4.78, 5) is 4.43. The Morgan fingerprint density at radius 1 is 1.00 bits per heavy atom. The van der Waals surface area contributed by atoms with Gasteiger partial charge in [0, 0.05) is 13.1 Å². The number of halogens is 1. The van der Waals surface area contributed by atoms with Gasteiger partial charge in [-0.25, -0.2) is 0 Å². The molecule has 160 valence electrons. The van der Waals surface area contributed by atoms with Crippen molar-refractivity contribution in [1.29, 1.82) is 0 Å². The van der Waals surface area contributed by atoms with Crippen LogP contribution in [-0.4, -0.2) is 40.4 Å². The number of rotatable bonds is 10. The number of hydrogen-bond donors (Lipinski definition) is 2. The number of aliphatic imine (C=N–C) groups is 1. The molecule has 3 N–H and O–H groups in total. The van der Waals surface area contributed by atoms with Crippen LogP contribution in [0.2, 0.25) is 0 Å². The van der Waals surface area contributed by atoms with Crippen LogP contribution in [-0.2, 0) is 6.42 Å². The number of nitrogens with two attached hydrogens (primary N) is 1. The number of ether oxygens (including phenoxy) is 3. The van der Waals surface area contributed by atoms with Crippen molar-refractivity contribution in [3.05, 3.63) is 53.6 Å². The summed E-state index contributed by atoms with van der Waals surface area (Å²) in [6, 6.07) is 14.1. The number of nitrogens with one attached hydrogen (secondary N) is 1. The third kappa shape index (κ3) is 8.00. The van der Waals surface area contributed by atoms with E-state index >= 15 is 0 Å². The molecule has 2 aromatic carbocycles. The zero-order valence-corrected chi connectivity index (χ0v) is 19.9. The molecule has 1 unspecified atom stereocenters. The molecule has 0 aromatic heterocycles. The van der Waals surface area contributed by atoms with Crippen molar-refractivity contribution in [2.24, 2.45) is 10.7 Å². The van der Waals surface area contributed by atoms with E-state index in [0.717, 1.165) is 35.7 Å². The van der Waals surface area contributed by atoms with E-state index in [0.29, 0.717) is 25.0 Å². The molecule has 0 amide bonds. The molecule has 0 saturated carbocycles. The van der Waals surface area contributed by atoms with Crippen molar-refractivity contribution in [2.75, 3.05) is 34.4 Å². The van der Waals surface area contributed by atoms with Crippen molar-refractivity contribution in [2.45, 2.75) is 25.7 Å². The van der Waals surface area contributed by atoms with Crippen LogP contribution in [0.3, 0.4) is 0 Å². The first kappa shape index (κ1) is 24.9. The Morgan fingerprint density at radius 3 is 2.31 bits per heavy atom. The molecule has 0 fully saturated rings. The van der Waals surface area contributed by atoms with E-state index in [4.69, 9.17) is 19.9 Å². The molecule has 2 aromatic rings. The molecule has 0 heterocycles. The summed E-state index contributed by atoms with van der Waals surface area (Å²) in [5.41, 5.74) is 8.40. The van der Waals surface area contributed by atoms with E-state index in [2.05, 4.69) is 29.4 Å². The summed E-state index contributed by atoms with van der Waals surface area (Å²) in [5.74, 6) is 3.22. The van der Waals surface area contributed by atoms with Crippen LogP contribution < -0.4 is 25.3 Å².